The summed E-state index contributed by atoms with van der Waals surface area (Å²) in [7, 11) is 0. The van der Waals surface area contributed by atoms with Crippen molar-refractivity contribution < 1.29 is 40.2 Å². The number of rotatable bonds is 11. The lowest BCUT2D eigenvalue weighted by Crippen LogP contribution is -2.29. The van der Waals surface area contributed by atoms with Gasteiger partial charge in [-0.25, -0.2) is 0 Å². The fourth-order valence-corrected chi connectivity index (χ4v) is 10.5. The van der Waals surface area contributed by atoms with Gasteiger partial charge in [-0.05, 0) is 70.8 Å². The molecule has 8 aromatic carbocycles. The van der Waals surface area contributed by atoms with Gasteiger partial charge in [-0.3, -0.25) is 9.59 Å². The van der Waals surface area contributed by atoms with Crippen LogP contribution in [0.15, 0.2) is 142 Å². The van der Waals surface area contributed by atoms with Crippen LogP contribution in [-0.2, 0) is 22.7 Å². The number of fused-ring (bicyclic) bond motifs is 4. The molecule has 8 aromatic rings. The molecule has 10 rings (SSSR count). The van der Waals surface area contributed by atoms with Crippen LogP contribution >= 0.6 is 0 Å². The van der Waals surface area contributed by atoms with Crippen LogP contribution in [0, 0.1) is 13.8 Å². The van der Waals surface area contributed by atoms with Crippen LogP contribution in [0.25, 0.3) is 32.7 Å². The molecule has 14 nitrogen and oxygen atoms in total. The summed E-state index contributed by atoms with van der Waals surface area (Å²) < 4.78 is 0. The number of phenolic OH excluding ortho intramolecular Hbond substituents is 6. The maximum Gasteiger partial charge on any atom is 0.279 e. The molecule has 2 aliphatic rings. The predicted octanol–water partition coefficient (Wildman–Crippen LogP) is 11.5. The molecule has 0 bridgehead atoms. The third kappa shape index (κ3) is 8.00. The quantitative estimate of drug-likeness (QED) is 0.0416. The first-order valence-corrected chi connectivity index (χ1v) is 24.2. The molecule has 370 valence electrons. The third-order valence-corrected chi connectivity index (χ3v) is 13.8. The number of aryl methyl sites for hydroxylation is 2. The van der Waals surface area contributed by atoms with Crippen molar-refractivity contribution >= 4 is 68.6 Å². The number of phenols is 6. The van der Waals surface area contributed by atoms with Gasteiger partial charge >= 0.3 is 0 Å². The van der Waals surface area contributed by atoms with Gasteiger partial charge in [0.2, 0.25) is 0 Å². The van der Waals surface area contributed by atoms with Gasteiger partial charge in [-0.1, -0.05) is 137 Å². The molecule has 2 amide bonds. The summed E-state index contributed by atoms with van der Waals surface area (Å²) in [5.41, 5.74) is 6.08. The number of hydrogen-bond acceptors (Lipinski definition) is 12. The highest BCUT2D eigenvalue weighted by Gasteiger charge is 2.36. The number of amides is 2. The standard InChI is InChI=1S/C60H52N6O8/c1-31(2)45-39-25-33(5)47(55(69)49(39)41(53(67)57(45)71)27-61-63-51-37-21-13-15-23-43(37)65(59(51)73)29-35-17-9-7-10-18-35)48-34(6)26-40-46(32(3)4)58(72)54(68)42(50(40)56(48)70)28-62-64-52-38-22-14-16-24-44(38)66(60(52)74)30-36-19-11-8-12-20-36/h7-28,31-32,67-72H,29-30H2,1-6H3/b61-27+,62-28+,63-51-,64-52+. The Bertz CT molecular complexity index is 3520. The first-order chi connectivity index (χ1) is 35.6. The van der Waals surface area contributed by atoms with E-state index in [1.54, 1.807) is 60.0 Å². The molecule has 2 heterocycles. The van der Waals surface area contributed by atoms with E-state index in [4.69, 9.17) is 0 Å². The van der Waals surface area contributed by atoms with Crippen LogP contribution in [0.1, 0.15) is 95.2 Å². The average Bonchev–Trinajstić information content (AvgIpc) is 3.80. The minimum Gasteiger partial charge on any atom is -0.507 e. The van der Waals surface area contributed by atoms with Gasteiger partial charge in [-0.2, -0.15) is 10.2 Å². The van der Waals surface area contributed by atoms with Crippen molar-refractivity contribution in [2.75, 3.05) is 9.80 Å². The van der Waals surface area contributed by atoms with Gasteiger partial charge in [0.25, 0.3) is 11.8 Å². The van der Waals surface area contributed by atoms with Crippen LogP contribution in [0.5, 0.6) is 34.5 Å². The number of benzene rings is 8. The van der Waals surface area contributed by atoms with E-state index in [1.165, 1.54) is 12.4 Å². The summed E-state index contributed by atoms with van der Waals surface area (Å²) in [5, 5.41) is 90.6. The molecule has 0 saturated heterocycles. The first-order valence-electron chi connectivity index (χ1n) is 24.2. The second kappa shape index (κ2) is 19.0. The number of hydrogen-bond donors (Lipinski definition) is 6. The first kappa shape index (κ1) is 48.3. The van der Waals surface area contributed by atoms with Crippen molar-refractivity contribution in [3.05, 3.63) is 177 Å². The molecule has 0 fully saturated rings. The largest absolute Gasteiger partial charge is 0.507 e. The van der Waals surface area contributed by atoms with Crippen LogP contribution in [0.2, 0.25) is 0 Å². The molecule has 74 heavy (non-hydrogen) atoms. The Morgan fingerprint density at radius 3 is 1.19 bits per heavy atom. The van der Waals surface area contributed by atoms with Crippen molar-refractivity contribution in [3.63, 3.8) is 0 Å². The zero-order valence-corrected chi connectivity index (χ0v) is 41.5. The number of carbonyl (C=O) groups excluding carboxylic acids is 2. The van der Waals surface area contributed by atoms with Gasteiger partial charge < -0.3 is 40.4 Å². The summed E-state index contributed by atoms with van der Waals surface area (Å²) in [5.74, 6) is -4.28. The third-order valence-electron chi connectivity index (χ3n) is 13.8. The molecular weight excluding hydrogens is 933 g/mol. The van der Waals surface area contributed by atoms with Crippen LogP contribution < -0.4 is 9.80 Å². The molecule has 0 unspecified atom stereocenters. The molecule has 0 radical (unpaired) electrons. The SMILES string of the molecule is Cc1cc2c(C(C)C)c(O)c(O)c(/C=N/N=C3\C(=O)N(Cc4ccccc4)c4ccccc43)c2c(O)c1-c1c(C)cc2c(C(C)C)c(O)c(O)c(/C=N/N=C3/C(=O)N(Cc4ccccc4)c4ccccc43)c2c1O. The molecule has 0 spiro atoms. The van der Waals surface area contributed by atoms with E-state index in [2.05, 4.69) is 20.4 Å². The van der Waals surface area contributed by atoms with Crippen LogP contribution in [0.3, 0.4) is 0 Å². The smallest absolute Gasteiger partial charge is 0.279 e. The Morgan fingerprint density at radius 1 is 0.473 bits per heavy atom. The van der Waals surface area contributed by atoms with Crippen molar-refractivity contribution in [1.82, 2.24) is 0 Å². The highest BCUT2D eigenvalue weighted by molar-refractivity contribution is 6.55. The summed E-state index contributed by atoms with van der Waals surface area (Å²) >= 11 is 0. The Labute approximate surface area is 426 Å². The number of aromatic hydroxyl groups is 6. The summed E-state index contributed by atoms with van der Waals surface area (Å²) in [6.45, 7) is 11.4. The Hall–Kier alpha value is -9.30. The molecule has 0 saturated carbocycles. The van der Waals surface area contributed by atoms with Crippen molar-refractivity contribution in [3.8, 4) is 45.6 Å². The number of anilines is 2. The van der Waals surface area contributed by atoms with E-state index in [0.717, 1.165) is 11.1 Å². The maximum absolute atomic E-state index is 14.0. The number of carbonyl (C=O) groups is 2. The molecular formula is C60H52N6O8. The highest BCUT2D eigenvalue weighted by Crippen LogP contribution is 2.54. The van der Waals surface area contributed by atoms with Gasteiger partial charge in [0.05, 0.1) is 48.0 Å². The van der Waals surface area contributed by atoms with Crippen molar-refractivity contribution in [1.29, 1.82) is 0 Å². The molecule has 14 heteroatoms. The monoisotopic (exact) mass is 984 g/mol. The second-order valence-corrected chi connectivity index (χ2v) is 19.2. The molecule has 0 atom stereocenters. The lowest BCUT2D eigenvalue weighted by atomic mass is 9.83. The number of para-hydroxylation sites is 2. The van der Waals surface area contributed by atoms with E-state index in [1.807, 2.05) is 113 Å². The van der Waals surface area contributed by atoms with Crippen molar-refractivity contribution in [2.24, 2.45) is 20.4 Å². The molecule has 6 N–H and O–H groups in total. The average molecular weight is 985 g/mol. The zero-order chi connectivity index (χ0) is 52.3. The van der Waals surface area contributed by atoms with E-state index in [9.17, 15) is 40.2 Å². The number of nitrogens with zero attached hydrogens (tertiary/aromatic N) is 6. The topological polar surface area (TPSA) is 211 Å². The van der Waals surface area contributed by atoms with Crippen LogP contribution in [0.4, 0.5) is 11.4 Å². The second-order valence-electron chi connectivity index (χ2n) is 19.2. The molecule has 0 aliphatic carbocycles. The van der Waals surface area contributed by atoms with Gasteiger partial charge in [0.15, 0.2) is 34.4 Å². The van der Waals surface area contributed by atoms with Crippen molar-refractivity contribution in [2.45, 2.75) is 66.5 Å². The Morgan fingerprint density at radius 2 is 0.824 bits per heavy atom. The fraction of sp³-hybridized carbons (Fsp3) is 0.167. The van der Waals surface area contributed by atoms with E-state index >= 15 is 0 Å². The fourth-order valence-electron chi connectivity index (χ4n) is 10.5. The zero-order valence-electron chi connectivity index (χ0n) is 41.5. The van der Waals surface area contributed by atoms with E-state index < -0.39 is 23.0 Å². The minimum absolute atomic E-state index is 0.0579. The van der Waals surface area contributed by atoms with Gasteiger partial charge in [0, 0.05) is 44.2 Å². The summed E-state index contributed by atoms with van der Waals surface area (Å²) in [6, 6.07) is 37.0. The summed E-state index contributed by atoms with van der Waals surface area (Å²) in [6.07, 6.45) is 2.35. The molecule has 2 aliphatic heterocycles. The lowest BCUT2D eigenvalue weighted by molar-refractivity contribution is -0.113. The van der Waals surface area contributed by atoms with Gasteiger partial charge in [0.1, 0.15) is 11.5 Å². The summed E-state index contributed by atoms with van der Waals surface area (Å²) in [4.78, 5) is 31.2. The normalized spacial score (nSPS) is 14.7. The van der Waals surface area contributed by atoms with E-state index in [0.29, 0.717) is 68.6 Å². The Balaban J connectivity index is 1.12. The predicted molar refractivity (Wildman–Crippen MR) is 291 cm³/mol. The molecule has 0 aromatic heterocycles. The minimum atomic E-state index is -0.591. The van der Waals surface area contributed by atoms with E-state index in [-0.39, 0.29) is 79.6 Å². The Kier molecular flexibility index (Phi) is 12.4. The highest BCUT2D eigenvalue weighted by atomic mass is 16.3. The lowest BCUT2D eigenvalue weighted by Gasteiger charge is -2.23. The maximum atomic E-state index is 14.0. The van der Waals surface area contributed by atoms with Gasteiger partial charge in [-0.15, -0.1) is 10.2 Å². The van der Waals surface area contributed by atoms with Crippen LogP contribution in [-0.4, -0.2) is 66.3 Å².